The fourth-order valence-electron chi connectivity index (χ4n) is 2.69. The molecule has 2 nitrogen and oxygen atoms in total. The van der Waals surface area contributed by atoms with Gasteiger partial charge in [-0.2, -0.15) is 0 Å². The zero-order valence-corrected chi connectivity index (χ0v) is 10.9. The Morgan fingerprint density at radius 1 is 1.06 bits per heavy atom. The van der Waals surface area contributed by atoms with Crippen LogP contribution in [0.4, 0.5) is 0 Å². The van der Waals surface area contributed by atoms with E-state index in [0.29, 0.717) is 6.10 Å². The summed E-state index contributed by atoms with van der Waals surface area (Å²) in [6.07, 6.45) is 12.2. The topological polar surface area (TPSA) is 35.2 Å². The quantitative estimate of drug-likeness (QED) is 0.644. The molecule has 0 amide bonds. The molecule has 1 aliphatic rings. The molecule has 16 heavy (non-hydrogen) atoms. The third-order valence-electron chi connectivity index (χ3n) is 3.79. The third kappa shape index (κ3) is 5.31. The summed E-state index contributed by atoms with van der Waals surface area (Å²) in [4.78, 5) is 0. The molecule has 1 aliphatic carbocycles. The van der Waals surface area contributed by atoms with Crippen LogP contribution in [0.25, 0.3) is 0 Å². The van der Waals surface area contributed by atoms with E-state index >= 15 is 0 Å². The van der Waals surface area contributed by atoms with E-state index in [4.69, 9.17) is 10.5 Å². The molecule has 0 heterocycles. The molecule has 0 aromatic carbocycles. The third-order valence-corrected chi connectivity index (χ3v) is 3.79. The molecular formula is C14H29NO. The molecule has 1 saturated carbocycles. The first-order valence-corrected chi connectivity index (χ1v) is 7.20. The summed E-state index contributed by atoms with van der Waals surface area (Å²) in [5.41, 5.74) is 5.47. The van der Waals surface area contributed by atoms with Crippen molar-refractivity contribution >= 4 is 0 Å². The SMILES string of the molecule is CCC1CCCCC1OCCCCCCN. The summed E-state index contributed by atoms with van der Waals surface area (Å²) in [5.74, 6) is 0.831. The number of ether oxygens (including phenoxy) is 1. The van der Waals surface area contributed by atoms with Crippen molar-refractivity contribution in [3.63, 3.8) is 0 Å². The second-order valence-corrected chi connectivity index (χ2v) is 5.06. The van der Waals surface area contributed by atoms with Gasteiger partial charge in [0.25, 0.3) is 0 Å². The van der Waals surface area contributed by atoms with E-state index in [1.54, 1.807) is 0 Å². The molecule has 0 bridgehead atoms. The van der Waals surface area contributed by atoms with E-state index in [9.17, 15) is 0 Å². The maximum Gasteiger partial charge on any atom is 0.0603 e. The van der Waals surface area contributed by atoms with Gasteiger partial charge in [0, 0.05) is 6.61 Å². The van der Waals surface area contributed by atoms with Crippen LogP contribution in [0.15, 0.2) is 0 Å². The summed E-state index contributed by atoms with van der Waals surface area (Å²) >= 11 is 0. The van der Waals surface area contributed by atoms with Crippen LogP contribution in [0, 0.1) is 5.92 Å². The van der Waals surface area contributed by atoms with Gasteiger partial charge in [0.05, 0.1) is 6.10 Å². The fourth-order valence-corrected chi connectivity index (χ4v) is 2.69. The monoisotopic (exact) mass is 227 g/mol. The first-order chi connectivity index (χ1) is 7.88. The highest BCUT2D eigenvalue weighted by atomic mass is 16.5. The first kappa shape index (κ1) is 14.0. The van der Waals surface area contributed by atoms with Crippen molar-refractivity contribution in [1.29, 1.82) is 0 Å². The second-order valence-electron chi connectivity index (χ2n) is 5.06. The van der Waals surface area contributed by atoms with E-state index < -0.39 is 0 Å². The van der Waals surface area contributed by atoms with Crippen LogP contribution in [0.5, 0.6) is 0 Å². The molecule has 0 aliphatic heterocycles. The number of rotatable bonds is 8. The zero-order chi connectivity index (χ0) is 11.6. The van der Waals surface area contributed by atoms with Gasteiger partial charge < -0.3 is 10.5 Å². The minimum Gasteiger partial charge on any atom is -0.378 e. The Morgan fingerprint density at radius 2 is 1.81 bits per heavy atom. The van der Waals surface area contributed by atoms with Crippen molar-refractivity contribution in [2.45, 2.75) is 70.8 Å². The highest BCUT2D eigenvalue weighted by molar-refractivity contribution is 4.74. The maximum atomic E-state index is 6.04. The lowest BCUT2D eigenvalue weighted by Crippen LogP contribution is -2.27. The molecule has 0 spiro atoms. The van der Waals surface area contributed by atoms with Crippen molar-refractivity contribution < 1.29 is 4.74 Å². The Bertz CT molecular complexity index is 161. The van der Waals surface area contributed by atoms with E-state index in [2.05, 4.69) is 6.92 Å². The van der Waals surface area contributed by atoms with E-state index in [1.807, 2.05) is 0 Å². The molecule has 2 heteroatoms. The average molecular weight is 227 g/mol. The highest BCUT2D eigenvalue weighted by Crippen LogP contribution is 2.29. The molecule has 1 fully saturated rings. The number of unbranched alkanes of at least 4 members (excludes halogenated alkanes) is 3. The molecule has 2 unspecified atom stereocenters. The van der Waals surface area contributed by atoms with Crippen molar-refractivity contribution in [3.8, 4) is 0 Å². The Kier molecular flexibility index (Phi) is 7.87. The van der Waals surface area contributed by atoms with Gasteiger partial charge in [0.15, 0.2) is 0 Å². The predicted molar refractivity (Wildman–Crippen MR) is 69.5 cm³/mol. The van der Waals surface area contributed by atoms with Crippen molar-refractivity contribution in [3.05, 3.63) is 0 Å². The van der Waals surface area contributed by atoms with Gasteiger partial charge >= 0.3 is 0 Å². The van der Waals surface area contributed by atoms with Crippen LogP contribution in [0.1, 0.15) is 64.7 Å². The van der Waals surface area contributed by atoms with Crippen LogP contribution in [-0.2, 0) is 4.74 Å². The van der Waals surface area contributed by atoms with Gasteiger partial charge in [0.1, 0.15) is 0 Å². The van der Waals surface area contributed by atoms with Crippen LogP contribution in [-0.4, -0.2) is 19.3 Å². The molecule has 1 rings (SSSR count). The highest BCUT2D eigenvalue weighted by Gasteiger charge is 2.23. The standard InChI is InChI=1S/C14H29NO/c1-2-13-9-5-6-10-14(13)16-12-8-4-3-7-11-15/h13-14H,2-12,15H2,1H3. The number of hydrogen-bond acceptors (Lipinski definition) is 2. The second kappa shape index (κ2) is 9.00. The normalized spacial score (nSPS) is 25.9. The predicted octanol–water partition coefficient (Wildman–Crippen LogP) is 3.49. The molecule has 96 valence electrons. The Hall–Kier alpha value is -0.0800. The van der Waals surface area contributed by atoms with E-state index in [-0.39, 0.29) is 0 Å². The van der Waals surface area contributed by atoms with Gasteiger partial charge in [-0.3, -0.25) is 0 Å². The lowest BCUT2D eigenvalue weighted by Gasteiger charge is -2.30. The number of nitrogens with two attached hydrogens (primary N) is 1. The first-order valence-electron chi connectivity index (χ1n) is 7.20. The van der Waals surface area contributed by atoms with Gasteiger partial charge in [-0.05, 0) is 38.1 Å². The van der Waals surface area contributed by atoms with E-state index in [0.717, 1.165) is 19.1 Å². The lowest BCUT2D eigenvalue weighted by molar-refractivity contribution is -0.0135. The lowest BCUT2D eigenvalue weighted by atomic mass is 9.85. The van der Waals surface area contributed by atoms with Crippen LogP contribution in [0.3, 0.4) is 0 Å². The van der Waals surface area contributed by atoms with Gasteiger partial charge in [0.2, 0.25) is 0 Å². The molecule has 0 aromatic heterocycles. The van der Waals surface area contributed by atoms with Crippen LogP contribution < -0.4 is 5.73 Å². The maximum absolute atomic E-state index is 6.04. The van der Waals surface area contributed by atoms with Crippen molar-refractivity contribution in [2.24, 2.45) is 11.7 Å². The minimum absolute atomic E-state index is 0.563. The largest absolute Gasteiger partial charge is 0.378 e. The van der Waals surface area contributed by atoms with Crippen LogP contribution in [0.2, 0.25) is 0 Å². The molecule has 0 radical (unpaired) electrons. The summed E-state index contributed by atoms with van der Waals surface area (Å²) in [5, 5.41) is 0. The minimum atomic E-state index is 0.563. The molecule has 0 saturated heterocycles. The van der Waals surface area contributed by atoms with Crippen molar-refractivity contribution in [1.82, 2.24) is 0 Å². The smallest absolute Gasteiger partial charge is 0.0603 e. The Morgan fingerprint density at radius 3 is 2.56 bits per heavy atom. The average Bonchev–Trinajstić information content (AvgIpc) is 2.34. The van der Waals surface area contributed by atoms with Crippen molar-refractivity contribution in [2.75, 3.05) is 13.2 Å². The summed E-state index contributed by atoms with van der Waals surface area (Å²) in [6, 6.07) is 0. The van der Waals surface area contributed by atoms with Gasteiger partial charge in [-0.15, -0.1) is 0 Å². The Labute approximate surface area is 101 Å². The zero-order valence-electron chi connectivity index (χ0n) is 10.9. The van der Waals surface area contributed by atoms with Gasteiger partial charge in [-0.1, -0.05) is 39.0 Å². The molecule has 2 N–H and O–H groups in total. The summed E-state index contributed by atoms with van der Waals surface area (Å²) in [6.45, 7) is 4.10. The van der Waals surface area contributed by atoms with E-state index in [1.165, 1.54) is 57.8 Å². The molecular weight excluding hydrogens is 198 g/mol. The van der Waals surface area contributed by atoms with Crippen LogP contribution >= 0.6 is 0 Å². The molecule has 0 aromatic rings. The van der Waals surface area contributed by atoms with Gasteiger partial charge in [-0.25, -0.2) is 0 Å². The molecule has 2 atom stereocenters. The summed E-state index contributed by atoms with van der Waals surface area (Å²) in [7, 11) is 0. The summed E-state index contributed by atoms with van der Waals surface area (Å²) < 4.78 is 6.04. The fraction of sp³-hybridized carbons (Fsp3) is 1.00. The Balaban J connectivity index is 2.02. The number of hydrogen-bond donors (Lipinski definition) is 1.